The second kappa shape index (κ2) is 5.98. The van der Waals surface area contributed by atoms with E-state index >= 15 is 0 Å². The van der Waals surface area contributed by atoms with Crippen molar-refractivity contribution < 1.29 is 14.6 Å². The van der Waals surface area contributed by atoms with Gasteiger partial charge in [0.05, 0.1) is 23.9 Å². The Bertz CT molecular complexity index is 386. The predicted molar refractivity (Wildman–Crippen MR) is 64.1 cm³/mol. The van der Waals surface area contributed by atoms with Crippen LogP contribution in [0.25, 0.3) is 0 Å². The zero-order valence-corrected chi connectivity index (χ0v) is 10.2. The maximum absolute atomic E-state index is 10.4. The minimum absolute atomic E-state index is 0.0890. The number of methoxy groups -OCH3 is 1. The van der Waals surface area contributed by atoms with E-state index in [1.165, 1.54) is 18.9 Å². The highest BCUT2D eigenvalue weighted by Crippen LogP contribution is 2.31. The van der Waals surface area contributed by atoms with Gasteiger partial charge in [-0.1, -0.05) is 11.6 Å². The van der Waals surface area contributed by atoms with E-state index in [4.69, 9.17) is 27.2 Å². The molecule has 0 heterocycles. The van der Waals surface area contributed by atoms with Gasteiger partial charge in [0.2, 0.25) is 0 Å². The lowest BCUT2D eigenvalue weighted by molar-refractivity contribution is -0.136. The molecule has 1 unspecified atom stereocenters. The first-order valence-corrected chi connectivity index (χ1v) is 5.76. The Labute approximate surface area is 103 Å². The number of aliphatic carboxylic acids is 1. The van der Waals surface area contributed by atoms with Gasteiger partial charge in [0.15, 0.2) is 0 Å². The van der Waals surface area contributed by atoms with E-state index in [9.17, 15) is 4.79 Å². The van der Waals surface area contributed by atoms with Crippen molar-refractivity contribution in [3.63, 3.8) is 0 Å². The normalized spacial score (nSPS) is 12.2. The van der Waals surface area contributed by atoms with Gasteiger partial charge in [0, 0.05) is 4.90 Å². The van der Waals surface area contributed by atoms with Crippen LogP contribution >= 0.6 is 23.4 Å². The van der Waals surface area contributed by atoms with E-state index < -0.39 is 11.3 Å². The quantitative estimate of drug-likeness (QED) is 0.628. The fourth-order valence-electron chi connectivity index (χ4n) is 1.11. The summed E-state index contributed by atoms with van der Waals surface area (Å²) in [6, 6.07) is 5.21. The largest absolute Gasteiger partial charge is 0.495 e. The fraction of sp³-hybridized carbons (Fsp3) is 0.300. The SMILES string of the molecule is COc1ccc(SC(N)CC(=O)O)cc1Cl. The second-order valence-corrected chi connectivity index (χ2v) is 4.77. The van der Waals surface area contributed by atoms with E-state index in [1.54, 1.807) is 18.2 Å². The lowest BCUT2D eigenvalue weighted by Gasteiger charge is -2.10. The third-order valence-electron chi connectivity index (χ3n) is 1.79. The van der Waals surface area contributed by atoms with E-state index in [1.807, 2.05) is 0 Å². The van der Waals surface area contributed by atoms with Crippen LogP contribution in [0, 0.1) is 0 Å². The van der Waals surface area contributed by atoms with Gasteiger partial charge in [-0.25, -0.2) is 0 Å². The molecule has 0 saturated heterocycles. The first-order valence-electron chi connectivity index (χ1n) is 4.50. The van der Waals surface area contributed by atoms with Crippen molar-refractivity contribution in [2.24, 2.45) is 5.73 Å². The number of nitrogens with two attached hydrogens (primary N) is 1. The summed E-state index contributed by atoms with van der Waals surface area (Å²) in [6.45, 7) is 0. The number of thioether (sulfide) groups is 1. The summed E-state index contributed by atoms with van der Waals surface area (Å²) in [4.78, 5) is 11.2. The van der Waals surface area contributed by atoms with Crippen LogP contribution in [0.15, 0.2) is 23.1 Å². The number of carboxylic acids is 1. The zero-order chi connectivity index (χ0) is 12.1. The van der Waals surface area contributed by atoms with Crippen LogP contribution in [0.3, 0.4) is 0 Å². The van der Waals surface area contributed by atoms with Gasteiger partial charge < -0.3 is 15.6 Å². The van der Waals surface area contributed by atoms with E-state index in [-0.39, 0.29) is 6.42 Å². The number of rotatable bonds is 5. The Balaban J connectivity index is 2.67. The number of hydrogen-bond donors (Lipinski definition) is 2. The highest BCUT2D eigenvalue weighted by atomic mass is 35.5. The van der Waals surface area contributed by atoms with Crippen LogP contribution in [0.4, 0.5) is 0 Å². The van der Waals surface area contributed by atoms with Crippen LogP contribution < -0.4 is 10.5 Å². The zero-order valence-electron chi connectivity index (χ0n) is 8.64. The van der Waals surface area contributed by atoms with E-state index in [0.717, 1.165) is 4.90 Å². The third-order valence-corrected chi connectivity index (χ3v) is 3.08. The molecule has 0 aliphatic rings. The molecule has 0 amide bonds. The van der Waals surface area contributed by atoms with Gasteiger partial charge in [0.25, 0.3) is 0 Å². The van der Waals surface area contributed by atoms with Crippen molar-refractivity contribution in [1.82, 2.24) is 0 Å². The van der Waals surface area contributed by atoms with Gasteiger partial charge in [-0.05, 0) is 18.2 Å². The maximum atomic E-state index is 10.4. The average Bonchev–Trinajstić information content (AvgIpc) is 2.16. The van der Waals surface area contributed by atoms with Gasteiger partial charge >= 0.3 is 5.97 Å². The molecule has 0 aliphatic heterocycles. The van der Waals surface area contributed by atoms with Crippen LogP contribution in [0.5, 0.6) is 5.75 Å². The van der Waals surface area contributed by atoms with Crippen molar-refractivity contribution in [3.05, 3.63) is 23.2 Å². The Kier molecular flexibility index (Phi) is 4.92. The lowest BCUT2D eigenvalue weighted by atomic mass is 10.3. The molecular formula is C10H12ClNO3S. The number of benzene rings is 1. The minimum atomic E-state index is -0.917. The molecule has 1 rings (SSSR count). The molecule has 1 aromatic carbocycles. The molecule has 0 aliphatic carbocycles. The van der Waals surface area contributed by atoms with Crippen LogP contribution in [0.2, 0.25) is 5.02 Å². The Morgan fingerprint density at radius 2 is 2.38 bits per heavy atom. The Morgan fingerprint density at radius 1 is 1.69 bits per heavy atom. The van der Waals surface area contributed by atoms with Crippen molar-refractivity contribution in [2.75, 3.05) is 7.11 Å². The third kappa shape index (κ3) is 3.92. The summed E-state index contributed by atoms with van der Waals surface area (Å²) in [5.41, 5.74) is 5.64. The predicted octanol–water partition coefficient (Wildman–Crippen LogP) is 2.20. The van der Waals surface area contributed by atoms with Crippen molar-refractivity contribution in [1.29, 1.82) is 0 Å². The van der Waals surface area contributed by atoms with Gasteiger partial charge in [-0.2, -0.15) is 0 Å². The summed E-state index contributed by atoms with van der Waals surface area (Å²) >= 11 is 7.19. The monoisotopic (exact) mass is 261 g/mol. The highest BCUT2D eigenvalue weighted by molar-refractivity contribution is 7.99. The van der Waals surface area contributed by atoms with Crippen LogP contribution in [0.1, 0.15) is 6.42 Å². The molecule has 0 radical (unpaired) electrons. The lowest BCUT2D eigenvalue weighted by Crippen LogP contribution is -2.19. The Hall–Kier alpha value is -0.910. The molecule has 16 heavy (non-hydrogen) atoms. The summed E-state index contributed by atoms with van der Waals surface area (Å²) < 4.78 is 5.00. The topological polar surface area (TPSA) is 72.5 Å². The number of hydrogen-bond acceptors (Lipinski definition) is 4. The first-order chi connectivity index (χ1) is 7.52. The van der Waals surface area contributed by atoms with Crippen LogP contribution in [-0.4, -0.2) is 23.6 Å². The molecule has 0 spiro atoms. The van der Waals surface area contributed by atoms with Crippen molar-refractivity contribution in [2.45, 2.75) is 16.7 Å². The molecule has 3 N–H and O–H groups in total. The average molecular weight is 262 g/mol. The Morgan fingerprint density at radius 3 is 2.88 bits per heavy atom. The highest BCUT2D eigenvalue weighted by Gasteiger charge is 2.10. The van der Waals surface area contributed by atoms with E-state index in [0.29, 0.717) is 10.8 Å². The smallest absolute Gasteiger partial charge is 0.305 e. The van der Waals surface area contributed by atoms with Crippen molar-refractivity contribution >= 4 is 29.3 Å². The molecule has 4 nitrogen and oxygen atoms in total. The molecule has 1 atom stereocenters. The number of ether oxygens (including phenoxy) is 1. The number of carboxylic acid groups (broad SMARTS) is 1. The second-order valence-electron chi connectivity index (χ2n) is 3.05. The van der Waals surface area contributed by atoms with E-state index in [2.05, 4.69) is 0 Å². The van der Waals surface area contributed by atoms with Gasteiger partial charge in [-0.3, -0.25) is 4.79 Å². The van der Waals surface area contributed by atoms with Gasteiger partial charge in [0.1, 0.15) is 5.75 Å². The maximum Gasteiger partial charge on any atom is 0.305 e. The minimum Gasteiger partial charge on any atom is -0.495 e. The summed E-state index contributed by atoms with van der Waals surface area (Å²) in [5, 5.41) is 8.56. The summed E-state index contributed by atoms with van der Waals surface area (Å²) in [5.74, 6) is -0.336. The summed E-state index contributed by atoms with van der Waals surface area (Å²) in [7, 11) is 1.53. The standard InChI is InChI=1S/C10H12ClNO3S/c1-15-8-3-2-6(4-7(8)11)16-9(12)5-10(13)14/h2-4,9H,5,12H2,1H3,(H,13,14). The molecule has 6 heteroatoms. The molecule has 0 fully saturated rings. The fourth-order valence-corrected chi connectivity index (χ4v) is 2.34. The van der Waals surface area contributed by atoms with Crippen LogP contribution in [-0.2, 0) is 4.79 Å². The number of carbonyl (C=O) groups is 1. The van der Waals surface area contributed by atoms with Gasteiger partial charge in [-0.15, -0.1) is 11.8 Å². The van der Waals surface area contributed by atoms with Crippen molar-refractivity contribution in [3.8, 4) is 5.75 Å². The summed E-state index contributed by atoms with van der Waals surface area (Å²) in [6.07, 6.45) is -0.0890. The molecule has 0 saturated carbocycles. The first kappa shape index (κ1) is 13.2. The number of halogens is 1. The molecule has 1 aromatic rings. The molecule has 0 aromatic heterocycles. The molecular weight excluding hydrogens is 250 g/mol. The molecule has 0 bridgehead atoms. The molecule has 88 valence electrons.